The Balaban J connectivity index is 2.31. The molecule has 0 unspecified atom stereocenters. The van der Waals surface area contributed by atoms with Crippen LogP contribution in [-0.4, -0.2) is 21.8 Å². The maximum absolute atomic E-state index is 4.07. The summed E-state index contributed by atoms with van der Waals surface area (Å²) < 4.78 is 1.75. The van der Waals surface area contributed by atoms with Crippen LogP contribution in [0.2, 0.25) is 0 Å². The van der Waals surface area contributed by atoms with Crippen molar-refractivity contribution in [2.45, 2.75) is 6.54 Å². The van der Waals surface area contributed by atoms with Gasteiger partial charge < -0.3 is 5.32 Å². The molecule has 0 saturated carbocycles. The van der Waals surface area contributed by atoms with Crippen molar-refractivity contribution >= 4 is 0 Å². The van der Waals surface area contributed by atoms with E-state index in [-0.39, 0.29) is 0 Å². The van der Waals surface area contributed by atoms with E-state index in [1.807, 2.05) is 19.2 Å². The summed E-state index contributed by atoms with van der Waals surface area (Å²) in [5.41, 5.74) is 2.27. The van der Waals surface area contributed by atoms with Gasteiger partial charge in [-0.1, -0.05) is 12.1 Å². The molecule has 0 aliphatic heterocycles. The van der Waals surface area contributed by atoms with Crippen LogP contribution in [-0.2, 0) is 6.54 Å². The Morgan fingerprint density at radius 1 is 1.43 bits per heavy atom. The molecular formula is C10H12N4. The van der Waals surface area contributed by atoms with Gasteiger partial charge in [0.05, 0.1) is 5.69 Å². The van der Waals surface area contributed by atoms with Crippen LogP contribution in [0, 0.1) is 0 Å². The van der Waals surface area contributed by atoms with E-state index in [1.165, 1.54) is 11.9 Å². The molecule has 1 aromatic heterocycles. The fourth-order valence-electron chi connectivity index (χ4n) is 1.35. The Kier molecular flexibility index (Phi) is 2.55. The maximum Gasteiger partial charge on any atom is 0.138 e. The average molecular weight is 188 g/mol. The van der Waals surface area contributed by atoms with Crippen molar-refractivity contribution in [3.63, 3.8) is 0 Å². The third kappa shape index (κ3) is 1.80. The molecule has 72 valence electrons. The van der Waals surface area contributed by atoms with E-state index in [0.29, 0.717) is 0 Å². The van der Waals surface area contributed by atoms with Gasteiger partial charge in [-0.2, -0.15) is 5.10 Å². The van der Waals surface area contributed by atoms with Crippen molar-refractivity contribution in [2.75, 3.05) is 7.05 Å². The lowest BCUT2D eigenvalue weighted by atomic mass is 10.2. The minimum absolute atomic E-state index is 0.864. The monoisotopic (exact) mass is 188 g/mol. The van der Waals surface area contributed by atoms with E-state index in [9.17, 15) is 0 Å². The fraction of sp³-hybridized carbons (Fsp3) is 0.200. The molecule has 0 aliphatic rings. The Morgan fingerprint density at radius 3 is 3.07 bits per heavy atom. The molecule has 14 heavy (non-hydrogen) atoms. The van der Waals surface area contributed by atoms with Gasteiger partial charge in [0, 0.05) is 6.54 Å². The van der Waals surface area contributed by atoms with Crippen LogP contribution in [0.15, 0.2) is 36.9 Å². The first kappa shape index (κ1) is 8.90. The lowest BCUT2D eigenvalue weighted by molar-refractivity contribution is 0.811. The largest absolute Gasteiger partial charge is 0.316 e. The van der Waals surface area contributed by atoms with Crippen LogP contribution in [0.5, 0.6) is 0 Å². The number of hydrogen-bond acceptors (Lipinski definition) is 3. The highest BCUT2D eigenvalue weighted by atomic mass is 15.3. The second-order valence-corrected chi connectivity index (χ2v) is 3.04. The summed E-state index contributed by atoms with van der Waals surface area (Å²) in [6.45, 7) is 0.864. The second kappa shape index (κ2) is 4.02. The summed E-state index contributed by atoms with van der Waals surface area (Å²) in [6.07, 6.45) is 3.23. The molecule has 1 aromatic carbocycles. The van der Waals surface area contributed by atoms with Crippen molar-refractivity contribution in [2.24, 2.45) is 0 Å². The van der Waals surface area contributed by atoms with Gasteiger partial charge in [0.1, 0.15) is 12.7 Å². The van der Waals surface area contributed by atoms with Gasteiger partial charge in [-0.05, 0) is 24.7 Å². The van der Waals surface area contributed by atoms with Gasteiger partial charge >= 0.3 is 0 Å². The van der Waals surface area contributed by atoms with Gasteiger partial charge in [-0.25, -0.2) is 9.67 Å². The zero-order valence-electron chi connectivity index (χ0n) is 8.01. The second-order valence-electron chi connectivity index (χ2n) is 3.04. The summed E-state index contributed by atoms with van der Waals surface area (Å²) in [7, 11) is 1.93. The summed E-state index contributed by atoms with van der Waals surface area (Å²) in [4.78, 5) is 3.91. The highest BCUT2D eigenvalue weighted by molar-refractivity contribution is 5.34. The predicted molar refractivity (Wildman–Crippen MR) is 54.1 cm³/mol. The van der Waals surface area contributed by atoms with E-state index < -0.39 is 0 Å². The van der Waals surface area contributed by atoms with Gasteiger partial charge in [-0.3, -0.25) is 0 Å². The molecule has 0 radical (unpaired) electrons. The maximum atomic E-state index is 4.07. The highest BCUT2D eigenvalue weighted by Crippen LogP contribution is 2.08. The van der Waals surface area contributed by atoms with Crippen molar-refractivity contribution in [1.82, 2.24) is 20.1 Å². The molecule has 4 nitrogen and oxygen atoms in total. The van der Waals surface area contributed by atoms with Crippen LogP contribution >= 0.6 is 0 Å². The van der Waals surface area contributed by atoms with E-state index in [2.05, 4.69) is 27.5 Å². The van der Waals surface area contributed by atoms with Crippen molar-refractivity contribution in [3.8, 4) is 5.69 Å². The molecule has 0 amide bonds. The molecule has 2 rings (SSSR count). The van der Waals surface area contributed by atoms with Crippen molar-refractivity contribution in [1.29, 1.82) is 0 Å². The smallest absolute Gasteiger partial charge is 0.138 e. The van der Waals surface area contributed by atoms with Gasteiger partial charge in [0.2, 0.25) is 0 Å². The number of benzene rings is 1. The van der Waals surface area contributed by atoms with Crippen LogP contribution < -0.4 is 5.32 Å². The van der Waals surface area contributed by atoms with Crippen molar-refractivity contribution in [3.05, 3.63) is 42.5 Å². The van der Waals surface area contributed by atoms with E-state index in [4.69, 9.17) is 0 Å². The van der Waals surface area contributed by atoms with Gasteiger partial charge in [0.25, 0.3) is 0 Å². The number of hydrogen-bond donors (Lipinski definition) is 1. The summed E-state index contributed by atoms with van der Waals surface area (Å²) in [6, 6.07) is 8.19. The van der Waals surface area contributed by atoms with Crippen LogP contribution in [0.25, 0.3) is 5.69 Å². The summed E-state index contributed by atoms with van der Waals surface area (Å²) in [5, 5.41) is 7.18. The number of nitrogens with zero attached hydrogens (tertiary/aromatic N) is 3. The zero-order valence-corrected chi connectivity index (χ0v) is 8.01. The molecule has 1 heterocycles. The number of rotatable bonds is 3. The summed E-state index contributed by atoms with van der Waals surface area (Å²) in [5.74, 6) is 0. The molecule has 0 aliphatic carbocycles. The minimum Gasteiger partial charge on any atom is -0.316 e. The Bertz CT molecular complexity index is 394. The third-order valence-electron chi connectivity index (χ3n) is 1.97. The molecule has 0 saturated heterocycles. The SMILES string of the molecule is CNCc1cccc(-n2cncn2)c1. The van der Waals surface area contributed by atoms with Gasteiger partial charge in [0.15, 0.2) is 0 Å². The first-order valence-electron chi connectivity index (χ1n) is 4.48. The lowest BCUT2D eigenvalue weighted by Crippen LogP contribution is -2.05. The topological polar surface area (TPSA) is 42.7 Å². The zero-order chi connectivity index (χ0) is 9.80. The van der Waals surface area contributed by atoms with Gasteiger partial charge in [-0.15, -0.1) is 0 Å². The van der Waals surface area contributed by atoms with E-state index in [0.717, 1.165) is 12.2 Å². The average Bonchev–Trinajstić information content (AvgIpc) is 2.71. The predicted octanol–water partition coefficient (Wildman–Crippen LogP) is 0.987. The highest BCUT2D eigenvalue weighted by Gasteiger charge is 1.97. The van der Waals surface area contributed by atoms with E-state index >= 15 is 0 Å². The Hall–Kier alpha value is -1.68. The van der Waals surface area contributed by atoms with Crippen molar-refractivity contribution < 1.29 is 0 Å². The Labute approximate surface area is 82.6 Å². The van der Waals surface area contributed by atoms with Crippen LogP contribution in [0.3, 0.4) is 0 Å². The van der Waals surface area contributed by atoms with Crippen LogP contribution in [0.4, 0.5) is 0 Å². The molecular weight excluding hydrogens is 176 g/mol. The molecule has 1 N–H and O–H groups in total. The standard InChI is InChI=1S/C10H12N4/c1-11-6-9-3-2-4-10(5-9)14-8-12-7-13-14/h2-5,7-8,11H,6H2,1H3. The molecule has 0 spiro atoms. The number of aromatic nitrogens is 3. The normalized spacial score (nSPS) is 10.4. The fourth-order valence-corrected chi connectivity index (χ4v) is 1.35. The molecule has 4 heteroatoms. The molecule has 0 fully saturated rings. The summed E-state index contributed by atoms with van der Waals surface area (Å²) >= 11 is 0. The Morgan fingerprint density at radius 2 is 2.36 bits per heavy atom. The minimum atomic E-state index is 0.864. The first-order chi connectivity index (χ1) is 6.90. The quantitative estimate of drug-likeness (QED) is 0.781. The lowest BCUT2D eigenvalue weighted by Gasteiger charge is -2.03. The number of nitrogens with one attached hydrogen (secondary N) is 1. The third-order valence-corrected chi connectivity index (χ3v) is 1.97. The van der Waals surface area contributed by atoms with E-state index in [1.54, 1.807) is 11.0 Å². The first-order valence-corrected chi connectivity index (χ1v) is 4.48. The molecule has 0 bridgehead atoms. The van der Waals surface area contributed by atoms with Crippen LogP contribution in [0.1, 0.15) is 5.56 Å². The molecule has 2 aromatic rings. The molecule has 0 atom stereocenters.